The van der Waals surface area contributed by atoms with Crippen LogP contribution in [0.2, 0.25) is 0 Å². The highest BCUT2D eigenvalue weighted by molar-refractivity contribution is 5.77. The van der Waals surface area contributed by atoms with E-state index in [1.807, 2.05) is 25.2 Å². The highest BCUT2D eigenvalue weighted by Gasteiger charge is 2.46. The van der Waals surface area contributed by atoms with E-state index >= 15 is 0 Å². The summed E-state index contributed by atoms with van der Waals surface area (Å²) >= 11 is 0. The zero-order chi connectivity index (χ0) is 23.2. The van der Waals surface area contributed by atoms with Gasteiger partial charge in [-0.1, -0.05) is 30.9 Å². The van der Waals surface area contributed by atoms with Crippen LogP contribution in [0.5, 0.6) is 0 Å². The van der Waals surface area contributed by atoms with Gasteiger partial charge in [-0.15, -0.1) is 5.10 Å². The molecule has 1 aromatic heterocycles. The number of anilines is 1. The summed E-state index contributed by atoms with van der Waals surface area (Å²) in [5.74, 6) is 5.79. The van der Waals surface area contributed by atoms with Crippen molar-refractivity contribution in [2.75, 3.05) is 45.2 Å². The summed E-state index contributed by atoms with van der Waals surface area (Å²) in [7, 11) is 3.86. The lowest BCUT2D eigenvalue weighted by Crippen LogP contribution is -2.52. The van der Waals surface area contributed by atoms with Crippen LogP contribution in [0.3, 0.4) is 0 Å². The first-order chi connectivity index (χ1) is 15.7. The molecule has 0 amide bonds. The summed E-state index contributed by atoms with van der Waals surface area (Å²) in [6, 6.07) is 3.30. The molecule has 8 heteroatoms. The Kier molecular flexibility index (Phi) is 5.68. The van der Waals surface area contributed by atoms with Gasteiger partial charge in [-0.2, -0.15) is 0 Å². The van der Waals surface area contributed by atoms with E-state index in [0.29, 0.717) is 41.9 Å². The minimum Gasteiger partial charge on any atom is -0.377 e. The zero-order valence-electron chi connectivity index (χ0n) is 19.9. The van der Waals surface area contributed by atoms with Gasteiger partial charge >= 0.3 is 0 Å². The molecular weight excluding hydrogens is 421 g/mol. The summed E-state index contributed by atoms with van der Waals surface area (Å²) in [4.78, 5) is 4.22. The molecule has 2 aliphatic heterocycles. The smallest absolute Gasteiger partial charge is 0.178 e. The fraction of sp³-hybridized carbons (Fsp3) is 0.600. The van der Waals surface area contributed by atoms with Crippen LogP contribution in [-0.2, 0) is 16.0 Å². The number of hydrogen-bond donors (Lipinski definition) is 0. The summed E-state index contributed by atoms with van der Waals surface area (Å²) in [6.07, 6.45) is 4.81. The normalized spacial score (nSPS) is 23.0. The average molecular weight is 454 g/mol. The molecule has 176 valence electrons. The van der Waals surface area contributed by atoms with Gasteiger partial charge in [0, 0.05) is 38.4 Å². The van der Waals surface area contributed by atoms with E-state index in [0.717, 1.165) is 31.6 Å². The monoisotopic (exact) mass is 453 g/mol. The molecule has 1 unspecified atom stereocenters. The molecule has 1 aliphatic carbocycles. The Morgan fingerprint density at radius 1 is 1.24 bits per heavy atom. The predicted molar refractivity (Wildman–Crippen MR) is 124 cm³/mol. The van der Waals surface area contributed by atoms with E-state index in [9.17, 15) is 4.39 Å². The van der Waals surface area contributed by atoms with Crippen LogP contribution >= 0.6 is 0 Å². The van der Waals surface area contributed by atoms with E-state index in [1.54, 1.807) is 10.7 Å². The van der Waals surface area contributed by atoms with Crippen molar-refractivity contribution >= 4 is 5.69 Å². The van der Waals surface area contributed by atoms with E-state index in [1.165, 1.54) is 12.5 Å². The number of rotatable bonds is 5. The Bertz CT molecular complexity index is 1090. The molecule has 1 atom stereocenters. The van der Waals surface area contributed by atoms with Crippen LogP contribution in [0.4, 0.5) is 10.1 Å². The van der Waals surface area contributed by atoms with E-state index in [4.69, 9.17) is 9.47 Å². The van der Waals surface area contributed by atoms with Gasteiger partial charge in [-0.25, -0.2) is 9.07 Å². The maximum atomic E-state index is 15.0. The largest absolute Gasteiger partial charge is 0.377 e. The van der Waals surface area contributed by atoms with Crippen LogP contribution in [-0.4, -0.2) is 72.1 Å². The lowest BCUT2D eigenvalue weighted by Gasteiger charge is -2.44. The number of nitrogens with zero attached hydrogens (tertiary/aromatic N) is 5. The fourth-order valence-electron chi connectivity index (χ4n) is 4.93. The number of aromatic nitrogens is 3. The van der Waals surface area contributed by atoms with Crippen molar-refractivity contribution in [3.63, 3.8) is 0 Å². The van der Waals surface area contributed by atoms with Crippen molar-refractivity contribution in [1.29, 1.82) is 0 Å². The molecular formula is C25H32FN5O2. The predicted octanol–water partition coefficient (Wildman–Crippen LogP) is 3.14. The second-order valence-corrected chi connectivity index (χ2v) is 10.6. The van der Waals surface area contributed by atoms with Crippen molar-refractivity contribution in [2.24, 2.45) is 5.41 Å². The lowest BCUT2D eigenvalue weighted by molar-refractivity contribution is -0.123. The van der Waals surface area contributed by atoms with Crippen LogP contribution < -0.4 is 4.90 Å². The number of likely N-dealkylation sites (tertiary alicyclic amines) is 1. The van der Waals surface area contributed by atoms with E-state index in [-0.39, 0.29) is 17.7 Å². The summed E-state index contributed by atoms with van der Waals surface area (Å²) in [5.41, 5.74) is 2.81. The van der Waals surface area contributed by atoms with Gasteiger partial charge in [0.1, 0.15) is 11.5 Å². The third-order valence-corrected chi connectivity index (χ3v) is 6.73. The second kappa shape index (κ2) is 8.39. The van der Waals surface area contributed by atoms with Gasteiger partial charge in [0.25, 0.3) is 0 Å². The molecule has 0 radical (unpaired) electrons. The molecule has 3 heterocycles. The lowest BCUT2D eigenvalue weighted by atomic mass is 9.81. The van der Waals surface area contributed by atoms with Gasteiger partial charge in [0.2, 0.25) is 0 Å². The molecule has 1 spiro atoms. The SMILES string of the molecule is CN(C)c1cc(C#CCN2CC(C)(C)C2)c(F)cc1-c1cn(CC2OCC3(CCC3)O2)nn1. The van der Waals surface area contributed by atoms with Crippen LogP contribution in [0.25, 0.3) is 11.3 Å². The second-order valence-electron chi connectivity index (χ2n) is 10.6. The Labute approximate surface area is 194 Å². The maximum Gasteiger partial charge on any atom is 0.178 e. The quantitative estimate of drug-likeness (QED) is 0.649. The summed E-state index contributed by atoms with van der Waals surface area (Å²) in [6.45, 7) is 8.31. The van der Waals surface area contributed by atoms with E-state index in [2.05, 4.69) is 40.9 Å². The average Bonchev–Trinajstić information content (AvgIpc) is 3.35. The maximum absolute atomic E-state index is 15.0. The number of benzene rings is 1. The van der Waals surface area contributed by atoms with Crippen LogP contribution in [0.15, 0.2) is 18.3 Å². The van der Waals surface area contributed by atoms with E-state index < -0.39 is 0 Å². The molecule has 2 aromatic rings. The van der Waals surface area contributed by atoms with Gasteiger partial charge in [0.05, 0.1) is 37.1 Å². The Hall–Kier alpha value is -2.47. The Morgan fingerprint density at radius 2 is 2.03 bits per heavy atom. The van der Waals surface area contributed by atoms with Crippen molar-refractivity contribution in [3.05, 3.63) is 29.7 Å². The zero-order valence-corrected chi connectivity index (χ0v) is 19.9. The van der Waals surface area contributed by atoms with Gasteiger partial charge in [-0.3, -0.25) is 4.90 Å². The van der Waals surface area contributed by atoms with Crippen molar-refractivity contribution < 1.29 is 13.9 Å². The van der Waals surface area contributed by atoms with Crippen LogP contribution in [0, 0.1) is 23.1 Å². The number of halogens is 1. The molecule has 5 rings (SSSR count). The minimum atomic E-state index is -0.351. The molecule has 0 N–H and O–H groups in total. The highest BCUT2D eigenvalue weighted by Crippen LogP contribution is 2.41. The number of hydrogen-bond acceptors (Lipinski definition) is 6. The molecule has 1 aromatic carbocycles. The Morgan fingerprint density at radius 3 is 2.67 bits per heavy atom. The highest BCUT2D eigenvalue weighted by atomic mass is 19.1. The van der Waals surface area contributed by atoms with Crippen molar-refractivity contribution in [1.82, 2.24) is 19.9 Å². The fourth-order valence-corrected chi connectivity index (χ4v) is 4.93. The summed E-state index contributed by atoms with van der Waals surface area (Å²) < 4.78 is 28.6. The molecule has 3 aliphatic rings. The first-order valence-corrected chi connectivity index (χ1v) is 11.6. The first kappa shape index (κ1) is 22.3. The molecule has 3 fully saturated rings. The van der Waals surface area contributed by atoms with Crippen LogP contribution in [0.1, 0.15) is 38.7 Å². The number of ether oxygens (including phenoxy) is 2. The molecule has 0 bridgehead atoms. The third kappa shape index (κ3) is 4.63. The summed E-state index contributed by atoms with van der Waals surface area (Å²) in [5, 5.41) is 8.53. The molecule has 2 saturated heterocycles. The topological polar surface area (TPSA) is 55.7 Å². The molecule has 1 saturated carbocycles. The third-order valence-electron chi connectivity index (χ3n) is 6.73. The van der Waals surface area contributed by atoms with Crippen molar-refractivity contribution in [2.45, 2.75) is 51.5 Å². The van der Waals surface area contributed by atoms with Crippen molar-refractivity contribution in [3.8, 4) is 23.1 Å². The van der Waals surface area contributed by atoms with Gasteiger partial charge < -0.3 is 14.4 Å². The van der Waals surface area contributed by atoms with Gasteiger partial charge in [0.15, 0.2) is 6.29 Å². The standard InChI is InChI=1S/C25H32FN5O2/c1-24(2)15-30(16-24)10-5-7-18-11-22(29(3)4)19(12-20(18)26)21-13-31(28-27-21)14-23-32-17-25(33-23)8-6-9-25/h11-13,23H,6,8-10,14-17H2,1-4H3. The Balaban J connectivity index is 1.30. The minimum absolute atomic E-state index is 0.0853. The molecule has 7 nitrogen and oxygen atoms in total. The molecule has 33 heavy (non-hydrogen) atoms. The van der Waals surface area contributed by atoms with Gasteiger partial charge in [-0.05, 0) is 36.8 Å². The first-order valence-electron chi connectivity index (χ1n) is 11.6.